The number of hydrogen-bond acceptors (Lipinski definition) is 2. The minimum atomic E-state index is -0.963. The highest BCUT2D eigenvalue weighted by atomic mass is 35.5. The van der Waals surface area contributed by atoms with E-state index in [0.29, 0.717) is 10.7 Å². The van der Waals surface area contributed by atoms with Gasteiger partial charge in [-0.05, 0) is 36.4 Å². The van der Waals surface area contributed by atoms with Gasteiger partial charge >= 0.3 is 5.97 Å². The molecule has 0 saturated carbocycles. The van der Waals surface area contributed by atoms with Crippen molar-refractivity contribution in [2.24, 2.45) is 7.05 Å². The molecular weight excluding hydrogens is 276 g/mol. The lowest BCUT2D eigenvalue weighted by atomic mass is 10.2. The van der Waals surface area contributed by atoms with Gasteiger partial charge in [0.25, 0.3) is 0 Å². The lowest BCUT2D eigenvalue weighted by Crippen LogP contribution is -1.99. The molecule has 0 aliphatic heterocycles. The Labute approximate surface area is 120 Å². The summed E-state index contributed by atoms with van der Waals surface area (Å²) in [5.74, 6) is -0.963. The van der Waals surface area contributed by atoms with Crippen LogP contribution in [0.4, 0.5) is 0 Å². The Morgan fingerprint density at radius 3 is 2.80 bits per heavy atom. The Morgan fingerprint density at radius 2 is 2.05 bits per heavy atom. The van der Waals surface area contributed by atoms with Gasteiger partial charge < -0.3 is 9.67 Å². The zero-order valence-electron chi connectivity index (χ0n) is 10.7. The summed E-state index contributed by atoms with van der Waals surface area (Å²) < 4.78 is 1.97. The highest BCUT2D eigenvalue weighted by Crippen LogP contribution is 2.28. The standard InChI is InChI=1S/C15H11ClN2O2/c1-18-13-3-2-11(16)6-10(13)8-14(18)12-7-9(15(19)20)4-5-17-12/h2-8H,1H3,(H,19,20). The van der Waals surface area contributed by atoms with Gasteiger partial charge in [0.05, 0.1) is 17.0 Å². The number of carboxylic acid groups (broad SMARTS) is 1. The summed E-state index contributed by atoms with van der Waals surface area (Å²) in [6.45, 7) is 0. The zero-order chi connectivity index (χ0) is 14.3. The van der Waals surface area contributed by atoms with E-state index < -0.39 is 5.97 Å². The highest BCUT2D eigenvalue weighted by molar-refractivity contribution is 6.31. The first kappa shape index (κ1) is 12.7. The molecule has 100 valence electrons. The molecule has 0 spiro atoms. The number of benzene rings is 1. The molecule has 0 aliphatic carbocycles. The van der Waals surface area contributed by atoms with Crippen LogP contribution in [0.2, 0.25) is 5.02 Å². The van der Waals surface area contributed by atoms with E-state index in [0.717, 1.165) is 16.6 Å². The molecule has 2 heterocycles. The van der Waals surface area contributed by atoms with E-state index in [4.69, 9.17) is 16.7 Å². The smallest absolute Gasteiger partial charge is 0.335 e. The fourth-order valence-electron chi connectivity index (χ4n) is 2.27. The van der Waals surface area contributed by atoms with Crippen LogP contribution in [0.3, 0.4) is 0 Å². The third kappa shape index (κ3) is 2.04. The number of carbonyl (C=O) groups is 1. The Bertz CT molecular complexity index is 824. The summed E-state index contributed by atoms with van der Waals surface area (Å²) in [4.78, 5) is 15.3. The first-order valence-electron chi connectivity index (χ1n) is 6.01. The summed E-state index contributed by atoms with van der Waals surface area (Å²) >= 11 is 5.99. The van der Waals surface area contributed by atoms with Crippen LogP contribution in [0, 0.1) is 0 Å². The molecule has 0 unspecified atom stereocenters. The van der Waals surface area contributed by atoms with Crippen molar-refractivity contribution in [1.29, 1.82) is 0 Å². The van der Waals surface area contributed by atoms with Crippen molar-refractivity contribution < 1.29 is 9.90 Å². The average molecular weight is 287 g/mol. The largest absolute Gasteiger partial charge is 0.478 e. The number of fused-ring (bicyclic) bond motifs is 1. The first-order valence-corrected chi connectivity index (χ1v) is 6.39. The number of nitrogens with zero attached hydrogens (tertiary/aromatic N) is 2. The van der Waals surface area contributed by atoms with E-state index >= 15 is 0 Å². The van der Waals surface area contributed by atoms with Crippen LogP contribution in [0.25, 0.3) is 22.3 Å². The molecule has 0 radical (unpaired) electrons. The minimum absolute atomic E-state index is 0.221. The second-order valence-electron chi connectivity index (χ2n) is 4.53. The molecule has 3 aromatic rings. The lowest BCUT2D eigenvalue weighted by molar-refractivity contribution is 0.0697. The van der Waals surface area contributed by atoms with E-state index in [1.807, 2.05) is 35.9 Å². The van der Waals surface area contributed by atoms with E-state index in [9.17, 15) is 4.79 Å². The maximum absolute atomic E-state index is 11.0. The fourth-order valence-corrected chi connectivity index (χ4v) is 2.45. The van der Waals surface area contributed by atoms with Gasteiger partial charge in [0, 0.05) is 29.2 Å². The maximum Gasteiger partial charge on any atom is 0.335 e. The second-order valence-corrected chi connectivity index (χ2v) is 4.96. The summed E-state index contributed by atoms with van der Waals surface area (Å²) in [6, 6.07) is 10.6. The molecule has 0 bridgehead atoms. The van der Waals surface area contributed by atoms with Crippen LogP contribution >= 0.6 is 11.6 Å². The average Bonchev–Trinajstić information content (AvgIpc) is 2.75. The van der Waals surface area contributed by atoms with Gasteiger partial charge in [0.1, 0.15) is 0 Å². The van der Waals surface area contributed by atoms with Gasteiger partial charge in [-0.1, -0.05) is 11.6 Å². The van der Waals surface area contributed by atoms with E-state index in [1.165, 1.54) is 12.3 Å². The Morgan fingerprint density at radius 1 is 1.25 bits per heavy atom. The molecule has 4 nitrogen and oxygen atoms in total. The molecule has 0 aliphatic rings. The van der Waals surface area contributed by atoms with Crippen LogP contribution in [-0.2, 0) is 7.05 Å². The van der Waals surface area contributed by atoms with Gasteiger partial charge in [0.2, 0.25) is 0 Å². The molecule has 1 aromatic carbocycles. The predicted molar refractivity (Wildman–Crippen MR) is 78.1 cm³/mol. The molecule has 0 fully saturated rings. The van der Waals surface area contributed by atoms with Gasteiger partial charge in [0.15, 0.2) is 0 Å². The van der Waals surface area contributed by atoms with E-state index in [1.54, 1.807) is 6.07 Å². The number of halogens is 1. The maximum atomic E-state index is 11.0. The van der Waals surface area contributed by atoms with Crippen molar-refractivity contribution in [2.45, 2.75) is 0 Å². The van der Waals surface area contributed by atoms with Crippen LogP contribution < -0.4 is 0 Å². The SMILES string of the molecule is Cn1c(-c2cc(C(=O)O)ccn2)cc2cc(Cl)ccc21. The fraction of sp³-hybridized carbons (Fsp3) is 0.0667. The van der Waals surface area contributed by atoms with Gasteiger partial charge in [-0.3, -0.25) is 4.98 Å². The third-order valence-corrected chi connectivity index (χ3v) is 3.51. The van der Waals surface area contributed by atoms with Crippen LogP contribution in [0.5, 0.6) is 0 Å². The van der Waals surface area contributed by atoms with E-state index in [-0.39, 0.29) is 5.56 Å². The van der Waals surface area contributed by atoms with Crippen LogP contribution in [0.1, 0.15) is 10.4 Å². The molecule has 0 amide bonds. The second kappa shape index (κ2) is 4.65. The summed E-state index contributed by atoms with van der Waals surface area (Å²) in [5, 5.41) is 10.7. The van der Waals surface area contributed by atoms with Crippen molar-refractivity contribution in [2.75, 3.05) is 0 Å². The minimum Gasteiger partial charge on any atom is -0.478 e. The summed E-state index contributed by atoms with van der Waals surface area (Å²) in [5.41, 5.74) is 2.72. The van der Waals surface area contributed by atoms with Crippen LogP contribution in [0.15, 0.2) is 42.6 Å². The van der Waals surface area contributed by atoms with Crippen LogP contribution in [-0.4, -0.2) is 20.6 Å². The van der Waals surface area contributed by atoms with E-state index in [2.05, 4.69) is 4.98 Å². The molecule has 2 aromatic heterocycles. The Balaban J connectivity index is 2.21. The number of aromatic carboxylic acids is 1. The Hall–Kier alpha value is -2.33. The monoisotopic (exact) mass is 286 g/mol. The number of rotatable bonds is 2. The Kier molecular flexibility index (Phi) is 2.95. The number of aromatic nitrogens is 2. The van der Waals surface area contributed by atoms with Gasteiger partial charge in [-0.2, -0.15) is 0 Å². The van der Waals surface area contributed by atoms with Crippen molar-refractivity contribution in [3.05, 3.63) is 53.2 Å². The van der Waals surface area contributed by atoms with Crippen molar-refractivity contribution >= 4 is 28.5 Å². The highest BCUT2D eigenvalue weighted by Gasteiger charge is 2.11. The summed E-state index contributed by atoms with van der Waals surface area (Å²) in [6.07, 6.45) is 1.50. The molecule has 0 atom stereocenters. The molecule has 5 heteroatoms. The normalized spacial score (nSPS) is 10.9. The summed E-state index contributed by atoms with van der Waals surface area (Å²) in [7, 11) is 1.92. The predicted octanol–water partition coefficient (Wildman–Crippen LogP) is 3.59. The number of pyridine rings is 1. The molecular formula is C15H11ClN2O2. The zero-order valence-corrected chi connectivity index (χ0v) is 11.4. The van der Waals surface area contributed by atoms with Crippen molar-refractivity contribution in [1.82, 2.24) is 9.55 Å². The molecule has 20 heavy (non-hydrogen) atoms. The molecule has 1 N–H and O–H groups in total. The lowest BCUT2D eigenvalue weighted by Gasteiger charge is -2.04. The quantitative estimate of drug-likeness (QED) is 0.783. The number of carboxylic acids is 1. The topological polar surface area (TPSA) is 55.1 Å². The first-order chi connectivity index (χ1) is 9.56. The van der Waals surface area contributed by atoms with Crippen molar-refractivity contribution in [3.63, 3.8) is 0 Å². The van der Waals surface area contributed by atoms with Crippen molar-refractivity contribution in [3.8, 4) is 11.4 Å². The van der Waals surface area contributed by atoms with Gasteiger partial charge in [-0.25, -0.2) is 4.79 Å². The van der Waals surface area contributed by atoms with Gasteiger partial charge in [-0.15, -0.1) is 0 Å². The molecule has 0 saturated heterocycles. The molecule has 3 rings (SSSR count). The number of aryl methyl sites for hydroxylation is 1. The third-order valence-electron chi connectivity index (χ3n) is 3.27. The number of hydrogen-bond donors (Lipinski definition) is 1.